The van der Waals surface area contributed by atoms with Crippen LogP contribution in [0, 0.1) is 11.3 Å². The second-order valence-corrected chi connectivity index (χ2v) is 8.66. The fourth-order valence-electron chi connectivity index (χ4n) is 4.03. The summed E-state index contributed by atoms with van der Waals surface area (Å²) in [5.41, 5.74) is 9.02. The molecule has 0 unspecified atom stereocenters. The zero-order chi connectivity index (χ0) is 21.0. The molecular weight excluding hydrogens is 392 g/mol. The lowest BCUT2D eigenvalue weighted by molar-refractivity contribution is -0.124. The van der Waals surface area contributed by atoms with Crippen LogP contribution in [0.1, 0.15) is 22.4 Å². The molecule has 1 saturated heterocycles. The molecule has 152 valence electrons. The number of nitrogens with one attached hydrogen (secondary N) is 2. The van der Waals surface area contributed by atoms with Gasteiger partial charge in [0.15, 0.2) is 0 Å². The normalized spacial score (nSPS) is 19.2. The molecule has 1 amide bonds. The van der Waals surface area contributed by atoms with Gasteiger partial charge in [-0.1, -0.05) is 48.5 Å². The van der Waals surface area contributed by atoms with Crippen molar-refractivity contribution < 1.29 is 4.79 Å². The van der Waals surface area contributed by atoms with Gasteiger partial charge in [0.25, 0.3) is 0 Å². The summed E-state index contributed by atoms with van der Waals surface area (Å²) in [5.74, 6) is -0.192. The molecule has 0 radical (unpaired) electrons. The molecule has 2 atom stereocenters. The second kappa shape index (κ2) is 8.80. The number of nitrogens with zero attached hydrogens (tertiary/aromatic N) is 1. The highest BCUT2D eigenvalue weighted by Crippen LogP contribution is 2.33. The van der Waals surface area contributed by atoms with E-state index in [1.807, 2.05) is 66.0 Å². The molecule has 1 fully saturated rings. The van der Waals surface area contributed by atoms with Crippen molar-refractivity contribution in [3.63, 3.8) is 0 Å². The number of benzene rings is 2. The summed E-state index contributed by atoms with van der Waals surface area (Å²) >= 11 is 1.60. The lowest BCUT2D eigenvalue weighted by atomic mass is 9.84. The van der Waals surface area contributed by atoms with Crippen LogP contribution in [-0.4, -0.2) is 25.0 Å². The van der Waals surface area contributed by atoms with Gasteiger partial charge >= 0.3 is 0 Å². The van der Waals surface area contributed by atoms with E-state index < -0.39 is 11.6 Å². The third-order valence-electron chi connectivity index (χ3n) is 5.62. The maximum atomic E-state index is 12.9. The van der Waals surface area contributed by atoms with Gasteiger partial charge in [0.2, 0.25) is 5.91 Å². The van der Waals surface area contributed by atoms with Gasteiger partial charge in [-0.3, -0.25) is 4.79 Å². The molecule has 2 heterocycles. The highest BCUT2D eigenvalue weighted by atomic mass is 32.1. The van der Waals surface area contributed by atoms with E-state index >= 15 is 0 Å². The molecule has 3 aromatic rings. The van der Waals surface area contributed by atoms with Crippen molar-refractivity contribution in [3.8, 4) is 17.2 Å². The van der Waals surface area contributed by atoms with Gasteiger partial charge in [0, 0.05) is 17.8 Å². The summed E-state index contributed by atoms with van der Waals surface area (Å²) in [6.45, 7) is 1.34. The molecule has 0 aliphatic carbocycles. The first-order valence-electron chi connectivity index (χ1n) is 10.0. The van der Waals surface area contributed by atoms with Crippen molar-refractivity contribution in [2.45, 2.75) is 24.4 Å². The number of carbonyl (C=O) groups excluding carboxylic acids is 1. The first-order chi connectivity index (χ1) is 14.6. The quantitative estimate of drug-likeness (QED) is 0.576. The maximum Gasteiger partial charge on any atom is 0.238 e. The maximum absolute atomic E-state index is 12.9. The Morgan fingerprint density at radius 1 is 1.20 bits per heavy atom. The van der Waals surface area contributed by atoms with E-state index in [0.717, 1.165) is 28.1 Å². The minimum absolute atomic E-state index is 0.192. The molecule has 4 rings (SSSR count). The largest absolute Gasteiger partial charge is 0.344 e. The Hall–Kier alpha value is -2.98. The molecule has 0 spiro atoms. The molecule has 2 aromatic carbocycles. The standard InChI is InChI=1S/C24H24N4OS/c25-15-19-13-18(17-5-2-1-3-6-17)8-9-21(19)24(10-11-27-16-24)28-23(29)22(26)14-20-7-4-12-30-20/h1-9,12-13,22,27H,10-11,14,16,26H2,(H,28,29)/t22-,24+/m0/s1. The Balaban J connectivity index is 1.62. The van der Waals surface area contributed by atoms with E-state index in [2.05, 4.69) is 16.7 Å². The predicted octanol–water partition coefficient (Wildman–Crippen LogP) is 3.16. The van der Waals surface area contributed by atoms with E-state index in [4.69, 9.17) is 5.73 Å². The molecule has 4 N–H and O–H groups in total. The number of thiophene rings is 1. The van der Waals surface area contributed by atoms with Crippen LogP contribution in [0.4, 0.5) is 0 Å². The number of nitrogens with two attached hydrogens (primary N) is 1. The van der Waals surface area contributed by atoms with Crippen molar-refractivity contribution >= 4 is 17.2 Å². The molecule has 1 aliphatic rings. The van der Waals surface area contributed by atoms with Crippen molar-refractivity contribution in [1.29, 1.82) is 5.26 Å². The van der Waals surface area contributed by atoms with Crippen LogP contribution in [0.5, 0.6) is 0 Å². The minimum Gasteiger partial charge on any atom is -0.344 e. The van der Waals surface area contributed by atoms with E-state index in [1.54, 1.807) is 11.3 Å². The van der Waals surface area contributed by atoms with E-state index in [9.17, 15) is 10.1 Å². The average molecular weight is 417 g/mol. The van der Waals surface area contributed by atoms with Gasteiger partial charge in [-0.2, -0.15) is 5.26 Å². The van der Waals surface area contributed by atoms with Crippen molar-refractivity contribution in [2.24, 2.45) is 5.73 Å². The van der Waals surface area contributed by atoms with E-state index in [1.165, 1.54) is 0 Å². The zero-order valence-electron chi connectivity index (χ0n) is 16.6. The van der Waals surface area contributed by atoms with Gasteiger partial charge in [-0.05, 0) is 47.2 Å². The summed E-state index contributed by atoms with van der Waals surface area (Å²) in [5, 5.41) is 18.4. The molecule has 1 aliphatic heterocycles. The lowest BCUT2D eigenvalue weighted by Crippen LogP contribution is -2.53. The average Bonchev–Trinajstić information content (AvgIpc) is 3.46. The molecule has 0 saturated carbocycles. The number of rotatable bonds is 6. The Labute approximate surface area is 180 Å². The summed E-state index contributed by atoms with van der Waals surface area (Å²) in [6.07, 6.45) is 1.22. The Kier molecular flexibility index (Phi) is 5.96. The highest BCUT2D eigenvalue weighted by Gasteiger charge is 2.39. The number of amides is 1. The fourth-order valence-corrected chi connectivity index (χ4v) is 4.79. The first kappa shape index (κ1) is 20.3. The molecule has 1 aromatic heterocycles. The van der Waals surface area contributed by atoms with Gasteiger partial charge in [-0.15, -0.1) is 11.3 Å². The Bertz CT molecular complexity index is 1050. The first-order valence-corrected chi connectivity index (χ1v) is 10.9. The number of hydrogen-bond acceptors (Lipinski definition) is 5. The molecule has 6 heteroatoms. The predicted molar refractivity (Wildman–Crippen MR) is 120 cm³/mol. The SMILES string of the molecule is N#Cc1cc(-c2ccccc2)ccc1[C@@]1(NC(=O)[C@@H](N)Cc2cccs2)CCNC1. The molecular formula is C24H24N4OS. The molecule has 5 nitrogen and oxygen atoms in total. The van der Waals surface area contributed by atoms with Crippen molar-refractivity contribution in [3.05, 3.63) is 82.0 Å². The van der Waals surface area contributed by atoms with Crippen LogP contribution in [0.25, 0.3) is 11.1 Å². The van der Waals surface area contributed by atoms with Crippen molar-refractivity contribution in [2.75, 3.05) is 13.1 Å². The third-order valence-corrected chi connectivity index (χ3v) is 6.52. The van der Waals surface area contributed by atoms with Crippen LogP contribution >= 0.6 is 11.3 Å². The fraction of sp³-hybridized carbons (Fsp3) is 0.250. The van der Waals surface area contributed by atoms with Crippen LogP contribution in [0.3, 0.4) is 0 Å². The number of nitriles is 1. The van der Waals surface area contributed by atoms with Gasteiger partial charge in [0.05, 0.1) is 23.2 Å². The van der Waals surface area contributed by atoms with E-state index in [-0.39, 0.29) is 5.91 Å². The third kappa shape index (κ3) is 4.14. The number of hydrogen-bond donors (Lipinski definition) is 3. The lowest BCUT2D eigenvalue weighted by Gasteiger charge is -2.32. The second-order valence-electron chi connectivity index (χ2n) is 7.63. The number of carbonyl (C=O) groups is 1. The van der Waals surface area contributed by atoms with Gasteiger partial charge < -0.3 is 16.4 Å². The molecule has 30 heavy (non-hydrogen) atoms. The van der Waals surface area contributed by atoms with Crippen LogP contribution in [0.15, 0.2) is 66.0 Å². The topological polar surface area (TPSA) is 90.9 Å². The van der Waals surface area contributed by atoms with Crippen LogP contribution in [0.2, 0.25) is 0 Å². The zero-order valence-corrected chi connectivity index (χ0v) is 17.4. The molecule has 0 bridgehead atoms. The summed E-state index contributed by atoms with van der Waals surface area (Å²) in [7, 11) is 0. The van der Waals surface area contributed by atoms with Crippen molar-refractivity contribution in [1.82, 2.24) is 10.6 Å². The van der Waals surface area contributed by atoms with Gasteiger partial charge in [0.1, 0.15) is 0 Å². The summed E-state index contributed by atoms with van der Waals surface area (Å²) < 4.78 is 0. The summed E-state index contributed by atoms with van der Waals surface area (Å²) in [6, 6.07) is 21.5. The van der Waals surface area contributed by atoms with Gasteiger partial charge in [-0.25, -0.2) is 0 Å². The summed E-state index contributed by atoms with van der Waals surface area (Å²) in [4.78, 5) is 14.0. The highest BCUT2D eigenvalue weighted by molar-refractivity contribution is 7.09. The monoisotopic (exact) mass is 416 g/mol. The van der Waals surface area contributed by atoms with Crippen LogP contribution in [-0.2, 0) is 16.8 Å². The minimum atomic E-state index is -0.634. The Morgan fingerprint density at radius 2 is 2.03 bits per heavy atom. The van der Waals surface area contributed by atoms with Crippen LogP contribution < -0.4 is 16.4 Å². The Morgan fingerprint density at radius 3 is 2.70 bits per heavy atom. The van der Waals surface area contributed by atoms with E-state index in [0.29, 0.717) is 24.9 Å². The smallest absolute Gasteiger partial charge is 0.238 e.